The van der Waals surface area contributed by atoms with Gasteiger partial charge in [0.25, 0.3) is 11.8 Å². The number of rotatable bonds is 35. The number of carbonyl (C=O) groups excluding carboxylic acids is 4. The van der Waals surface area contributed by atoms with Crippen LogP contribution in [-0.2, 0) is 19.2 Å². The second-order valence-electron chi connectivity index (χ2n) is 16.4. The monoisotopic (exact) mass is 725 g/mol. The molecule has 2 fully saturated rings. The second kappa shape index (κ2) is 29.2. The van der Waals surface area contributed by atoms with Gasteiger partial charge in [0.15, 0.2) is 0 Å². The average molecular weight is 725 g/mol. The number of hydrogen-bond acceptors (Lipinski definition) is 4. The molecule has 6 nitrogen and oxygen atoms in total. The summed E-state index contributed by atoms with van der Waals surface area (Å²) in [6, 6.07) is 0. The summed E-state index contributed by atoms with van der Waals surface area (Å²) in [6.07, 6.45) is 39.4. The van der Waals surface area contributed by atoms with Crippen LogP contribution >= 0.6 is 0 Å². The number of imide groups is 2. The van der Waals surface area contributed by atoms with Gasteiger partial charge in [0.2, 0.25) is 11.8 Å². The summed E-state index contributed by atoms with van der Waals surface area (Å²) in [5, 5.41) is 0. The van der Waals surface area contributed by atoms with Crippen LogP contribution in [0.2, 0.25) is 0 Å². The molecule has 0 aromatic carbocycles. The Bertz CT molecular complexity index is 969. The predicted octanol–water partition coefficient (Wildman–Crippen LogP) is 12.6. The fraction of sp³-hybridized carbons (Fsp3) is 0.826. The van der Waals surface area contributed by atoms with Crippen LogP contribution in [-0.4, -0.2) is 46.5 Å². The van der Waals surface area contributed by atoms with E-state index in [1.165, 1.54) is 177 Å². The first kappa shape index (κ1) is 45.9. The van der Waals surface area contributed by atoms with Gasteiger partial charge in [-0.2, -0.15) is 0 Å². The number of carbonyl (C=O) groups is 4. The summed E-state index contributed by atoms with van der Waals surface area (Å²) in [5.74, 6) is 1.27. The summed E-state index contributed by atoms with van der Waals surface area (Å²) in [5.41, 5.74) is 0.885. The maximum absolute atomic E-state index is 12.1. The van der Waals surface area contributed by atoms with E-state index < -0.39 is 0 Å². The third-order valence-corrected chi connectivity index (χ3v) is 11.9. The van der Waals surface area contributed by atoms with Crippen LogP contribution in [0.4, 0.5) is 0 Å². The van der Waals surface area contributed by atoms with Crippen molar-refractivity contribution in [1.29, 1.82) is 0 Å². The molecule has 4 amide bonds. The van der Waals surface area contributed by atoms with Gasteiger partial charge >= 0.3 is 0 Å². The van der Waals surface area contributed by atoms with Crippen LogP contribution in [0.25, 0.3) is 0 Å². The maximum Gasteiger partial charge on any atom is 0.256 e. The smallest absolute Gasteiger partial charge is 0.256 e. The highest BCUT2D eigenvalue weighted by atomic mass is 16.2. The molecule has 0 bridgehead atoms. The van der Waals surface area contributed by atoms with Crippen LogP contribution in [0.1, 0.15) is 219 Å². The number of nitrogens with zero attached hydrogens (tertiary/aromatic N) is 2. The predicted molar refractivity (Wildman–Crippen MR) is 218 cm³/mol. The van der Waals surface area contributed by atoms with E-state index in [0.29, 0.717) is 24.2 Å². The molecule has 6 heteroatoms. The van der Waals surface area contributed by atoms with E-state index in [9.17, 15) is 19.2 Å². The number of amides is 4. The molecule has 0 aromatic rings. The highest BCUT2D eigenvalue weighted by Crippen LogP contribution is 2.34. The zero-order chi connectivity index (χ0) is 37.8. The van der Waals surface area contributed by atoms with E-state index in [-0.39, 0.29) is 36.5 Å². The fourth-order valence-corrected chi connectivity index (χ4v) is 8.49. The molecule has 298 valence electrons. The number of unbranched alkanes of at least 4 members (excludes halogenated alkanes) is 22. The van der Waals surface area contributed by atoms with Gasteiger partial charge in [0, 0.05) is 24.2 Å². The molecule has 0 aromatic heterocycles. The zero-order valence-corrected chi connectivity index (χ0v) is 34.1. The standard InChI is InChI=1S/C46H80N2O4/c1-5-7-9-11-19-25-31-41(33-27-21-15-13-17-23-29-35-47-43(49)37-39(3)45(47)51)42(32-26-20-12-10-8-6-2)34-28-22-16-14-18-24-30-36-48-44(50)38-40(4)46(48)52/h41-42H,3-38H2,1-2H3. The van der Waals surface area contributed by atoms with Gasteiger partial charge in [0.1, 0.15) is 0 Å². The molecule has 2 rings (SSSR count). The van der Waals surface area contributed by atoms with Crippen LogP contribution in [0.15, 0.2) is 24.3 Å². The van der Waals surface area contributed by atoms with E-state index in [4.69, 9.17) is 0 Å². The van der Waals surface area contributed by atoms with Crippen molar-refractivity contribution < 1.29 is 19.2 Å². The highest BCUT2D eigenvalue weighted by molar-refractivity contribution is 6.13. The topological polar surface area (TPSA) is 74.8 Å². The summed E-state index contributed by atoms with van der Waals surface area (Å²) in [6.45, 7) is 13.2. The van der Waals surface area contributed by atoms with E-state index >= 15 is 0 Å². The third kappa shape index (κ3) is 19.2. The van der Waals surface area contributed by atoms with E-state index in [1.54, 1.807) is 0 Å². The Kier molecular flexibility index (Phi) is 25.7. The maximum atomic E-state index is 12.1. The Morgan fingerprint density at radius 2 is 0.654 bits per heavy atom. The van der Waals surface area contributed by atoms with Gasteiger partial charge in [-0.1, -0.05) is 207 Å². The van der Waals surface area contributed by atoms with Crippen molar-refractivity contribution in [3.8, 4) is 0 Å². The Labute approximate surface area is 320 Å². The summed E-state index contributed by atoms with van der Waals surface area (Å²) in [7, 11) is 0. The molecule has 2 aliphatic rings. The minimum atomic E-state index is -0.164. The Balaban J connectivity index is 1.74. The van der Waals surface area contributed by atoms with Crippen molar-refractivity contribution in [3.05, 3.63) is 24.3 Å². The van der Waals surface area contributed by atoms with E-state index in [2.05, 4.69) is 27.0 Å². The van der Waals surface area contributed by atoms with Crippen molar-refractivity contribution in [2.75, 3.05) is 13.1 Å². The van der Waals surface area contributed by atoms with Gasteiger partial charge in [-0.25, -0.2) is 0 Å². The Morgan fingerprint density at radius 1 is 0.404 bits per heavy atom. The van der Waals surface area contributed by atoms with Gasteiger partial charge in [-0.05, 0) is 24.7 Å². The van der Waals surface area contributed by atoms with Crippen molar-refractivity contribution >= 4 is 23.6 Å². The largest absolute Gasteiger partial charge is 0.279 e. The third-order valence-electron chi connectivity index (χ3n) is 11.9. The second-order valence-corrected chi connectivity index (χ2v) is 16.4. The van der Waals surface area contributed by atoms with Gasteiger partial charge in [-0.3, -0.25) is 29.0 Å². The molecule has 0 spiro atoms. The molecular formula is C46H80N2O4. The van der Waals surface area contributed by atoms with Crippen LogP contribution < -0.4 is 0 Å². The van der Waals surface area contributed by atoms with E-state index in [0.717, 1.165) is 37.5 Å². The SMILES string of the molecule is C=C1CC(=O)N(CCCCCCCCCC(CCCCCCCC)C(CCCCCCCC)CCCCCCCCCN2C(=O)CC(=C)C2=O)C1=O. The molecule has 2 heterocycles. The molecule has 0 saturated carbocycles. The molecule has 0 N–H and O–H groups in total. The Hall–Kier alpha value is -2.24. The lowest BCUT2D eigenvalue weighted by atomic mass is 9.78. The molecule has 2 unspecified atom stereocenters. The summed E-state index contributed by atoms with van der Waals surface area (Å²) in [4.78, 5) is 50.9. The zero-order valence-electron chi connectivity index (χ0n) is 34.1. The lowest BCUT2D eigenvalue weighted by Crippen LogP contribution is -2.30. The van der Waals surface area contributed by atoms with E-state index in [1.807, 2.05) is 0 Å². The minimum absolute atomic E-state index is 0.0764. The first-order chi connectivity index (χ1) is 25.3. The molecule has 2 aliphatic heterocycles. The Morgan fingerprint density at radius 3 is 0.904 bits per heavy atom. The summed E-state index contributed by atoms with van der Waals surface area (Å²) >= 11 is 0. The lowest BCUT2D eigenvalue weighted by Gasteiger charge is -2.28. The quantitative estimate of drug-likeness (QED) is 0.0370. The lowest BCUT2D eigenvalue weighted by molar-refractivity contribution is -0.139. The normalized spacial score (nSPS) is 16.3. The molecule has 2 atom stereocenters. The van der Waals surface area contributed by atoms with Gasteiger partial charge in [-0.15, -0.1) is 0 Å². The molecule has 52 heavy (non-hydrogen) atoms. The van der Waals surface area contributed by atoms with Crippen molar-refractivity contribution in [2.45, 2.75) is 219 Å². The first-order valence-corrected chi connectivity index (χ1v) is 22.3. The molecule has 0 radical (unpaired) electrons. The fourth-order valence-electron chi connectivity index (χ4n) is 8.49. The van der Waals surface area contributed by atoms with Crippen LogP contribution in [0.5, 0.6) is 0 Å². The van der Waals surface area contributed by atoms with Crippen LogP contribution in [0, 0.1) is 11.8 Å². The van der Waals surface area contributed by atoms with Crippen LogP contribution in [0.3, 0.4) is 0 Å². The molecule has 0 aliphatic carbocycles. The van der Waals surface area contributed by atoms with Crippen molar-refractivity contribution in [2.24, 2.45) is 11.8 Å². The average Bonchev–Trinajstić information content (AvgIpc) is 3.52. The minimum Gasteiger partial charge on any atom is -0.279 e. The molecular weight excluding hydrogens is 645 g/mol. The van der Waals surface area contributed by atoms with Crippen molar-refractivity contribution in [3.63, 3.8) is 0 Å². The summed E-state index contributed by atoms with van der Waals surface area (Å²) < 4.78 is 0. The molecule has 2 saturated heterocycles. The van der Waals surface area contributed by atoms with Crippen molar-refractivity contribution in [1.82, 2.24) is 9.80 Å². The number of hydrogen-bond donors (Lipinski definition) is 0. The highest BCUT2D eigenvalue weighted by Gasteiger charge is 2.32. The number of likely N-dealkylation sites (tertiary alicyclic amines) is 2. The first-order valence-electron chi connectivity index (χ1n) is 22.3. The van der Waals surface area contributed by atoms with Gasteiger partial charge in [0.05, 0.1) is 12.8 Å². The van der Waals surface area contributed by atoms with Gasteiger partial charge < -0.3 is 0 Å².